The molecule has 0 spiro atoms. The summed E-state index contributed by atoms with van der Waals surface area (Å²) in [5, 5.41) is 8.94. The third-order valence-corrected chi connectivity index (χ3v) is 4.04. The van der Waals surface area contributed by atoms with Crippen LogP contribution < -0.4 is 0 Å². The average molecular weight is 256 g/mol. The molecule has 0 aliphatic carbocycles. The third kappa shape index (κ3) is 7.68. The first kappa shape index (κ1) is 16.8. The van der Waals surface area contributed by atoms with Crippen molar-refractivity contribution in [1.29, 1.82) is 5.26 Å². The van der Waals surface area contributed by atoms with Gasteiger partial charge in [0.2, 0.25) is 0 Å². The van der Waals surface area contributed by atoms with E-state index < -0.39 is 0 Å². The van der Waals surface area contributed by atoms with Crippen LogP contribution in [0, 0.1) is 16.7 Å². The van der Waals surface area contributed by atoms with Crippen molar-refractivity contribution in [3.63, 3.8) is 0 Å². The molecule has 0 heterocycles. The minimum absolute atomic E-state index is 0.151. The Balaban J connectivity index is 3.77. The lowest BCUT2D eigenvalue weighted by atomic mass is 9.89. The first-order chi connectivity index (χ1) is 7.96. The summed E-state index contributed by atoms with van der Waals surface area (Å²) in [7, 11) is 2.22. The predicted octanol–water partition coefficient (Wildman–Crippen LogP) is 3.78. The van der Waals surface area contributed by atoms with Crippen LogP contribution in [0.1, 0.15) is 46.5 Å². The Morgan fingerprint density at radius 2 is 2.00 bits per heavy atom. The van der Waals surface area contributed by atoms with Crippen molar-refractivity contribution in [2.45, 2.75) is 52.5 Å². The molecule has 2 nitrogen and oxygen atoms in total. The number of unbranched alkanes of at least 4 members (excludes halogenated alkanes) is 1. The summed E-state index contributed by atoms with van der Waals surface area (Å²) in [4.78, 5) is 2.47. The van der Waals surface area contributed by atoms with Crippen molar-refractivity contribution >= 4 is 11.8 Å². The van der Waals surface area contributed by atoms with Crippen molar-refractivity contribution in [2.24, 2.45) is 5.41 Å². The Morgan fingerprint density at radius 1 is 1.35 bits per heavy atom. The van der Waals surface area contributed by atoms with Gasteiger partial charge < -0.3 is 4.90 Å². The molecule has 0 aromatic carbocycles. The summed E-state index contributed by atoms with van der Waals surface area (Å²) in [6.07, 6.45) is 6.76. The number of thioether (sulfide) groups is 1. The van der Waals surface area contributed by atoms with Gasteiger partial charge in [-0.15, -0.1) is 0 Å². The summed E-state index contributed by atoms with van der Waals surface area (Å²) in [5.74, 6) is 1.22. The summed E-state index contributed by atoms with van der Waals surface area (Å²) in [6, 6.07) is 3.07. The molecule has 0 aromatic rings. The van der Waals surface area contributed by atoms with Crippen LogP contribution in [0.4, 0.5) is 0 Å². The molecular weight excluding hydrogens is 228 g/mol. The molecule has 3 heteroatoms. The van der Waals surface area contributed by atoms with Crippen LogP contribution in [0.2, 0.25) is 0 Å². The molecule has 100 valence electrons. The molecule has 1 unspecified atom stereocenters. The molecule has 0 N–H and O–H groups in total. The summed E-state index contributed by atoms with van der Waals surface area (Å²) < 4.78 is 0. The van der Waals surface area contributed by atoms with Gasteiger partial charge in [0.05, 0.1) is 11.5 Å². The molecular formula is C14H28N2S. The fraction of sp³-hybridized carbons (Fsp3) is 0.929. The maximum atomic E-state index is 8.94. The van der Waals surface area contributed by atoms with Gasteiger partial charge in [0.15, 0.2) is 0 Å². The molecule has 0 aliphatic heterocycles. The Bertz CT molecular complexity index is 233. The van der Waals surface area contributed by atoms with Crippen molar-refractivity contribution in [1.82, 2.24) is 4.90 Å². The molecule has 1 atom stereocenters. The van der Waals surface area contributed by atoms with Gasteiger partial charge in [-0.25, -0.2) is 0 Å². The SMILES string of the molecule is CCC(CSC)N(C)CCCCC(C)(C)C#N. The first-order valence-electron chi connectivity index (χ1n) is 6.57. The lowest BCUT2D eigenvalue weighted by Gasteiger charge is -2.26. The topological polar surface area (TPSA) is 27.0 Å². The lowest BCUT2D eigenvalue weighted by Crippen LogP contribution is -2.34. The van der Waals surface area contributed by atoms with E-state index in [0.717, 1.165) is 19.4 Å². The van der Waals surface area contributed by atoms with Crippen LogP contribution in [0.25, 0.3) is 0 Å². The van der Waals surface area contributed by atoms with Gasteiger partial charge in [0, 0.05) is 11.8 Å². The molecule has 0 rings (SSSR count). The van der Waals surface area contributed by atoms with Crippen LogP contribution >= 0.6 is 11.8 Å². The van der Waals surface area contributed by atoms with E-state index in [0.29, 0.717) is 6.04 Å². The molecule has 0 amide bonds. The van der Waals surface area contributed by atoms with Gasteiger partial charge in [-0.2, -0.15) is 17.0 Å². The minimum Gasteiger partial charge on any atom is -0.303 e. The van der Waals surface area contributed by atoms with Gasteiger partial charge in [0.25, 0.3) is 0 Å². The zero-order valence-corrected chi connectivity index (χ0v) is 12.9. The minimum atomic E-state index is -0.151. The van der Waals surface area contributed by atoms with Crippen LogP contribution in [0.5, 0.6) is 0 Å². The van der Waals surface area contributed by atoms with Crippen molar-refractivity contribution in [3.05, 3.63) is 0 Å². The monoisotopic (exact) mass is 256 g/mol. The van der Waals surface area contributed by atoms with Gasteiger partial charge in [-0.3, -0.25) is 0 Å². The maximum Gasteiger partial charge on any atom is 0.0683 e. The van der Waals surface area contributed by atoms with E-state index >= 15 is 0 Å². The van der Waals surface area contributed by atoms with Gasteiger partial charge in [-0.1, -0.05) is 13.3 Å². The highest BCUT2D eigenvalue weighted by Crippen LogP contribution is 2.21. The van der Waals surface area contributed by atoms with Gasteiger partial charge in [-0.05, 0) is 53.0 Å². The summed E-state index contributed by atoms with van der Waals surface area (Å²) in [6.45, 7) is 7.47. The highest BCUT2D eigenvalue weighted by molar-refractivity contribution is 7.98. The molecule has 0 fully saturated rings. The zero-order valence-electron chi connectivity index (χ0n) is 12.1. The maximum absolute atomic E-state index is 8.94. The van der Waals surface area contributed by atoms with E-state index in [2.05, 4.69) is 31.2 Å². The third-order valence-electron chi connectivity index (χ3n) is 3.32. The van der Waals surface area contributed by atoms with E-state index in [1.807, 2.05) is 25.6 Å². The molecule has 0 saturated carbocycles. The Labute approximate surface area is 112 Å². The molecule has 0 saturated heterocycles. The lowest BCUT2D eigenvalue weighted by molar-refractivity contribution is 0.246. The second kappa shape index (κ2) is 8.83. The van der Waals surface area contributed by atoms with Crippen LogP contribution in [-0.4, -0.2) is 36.5 Å². The van der Waals surface area contributed by atoms with Crippen LogP contribution in [0.3, 0.4) is 0 Å². The molecule has 0 aromatic heterocycles. The van der Waals surface area contributed by atoms with Crippen LogP contribution in [-0.2, 0) is 0 Å². The largest absolute Gasteiger partial charge is 0.303 e. The highest BCUT2D eigenvalue weighted by Gasteiger charge is 2.16. The molecule has 0 aliphatic rings. The number of hydrogen-bond acceptors (Lipinski definition) is 3. The van der Waals surface area contributed by atoms with Gasteiger partial charge >= 0.3 is 0 Å². The van der Waals surface area contributed by atoms with Crippen LogP contribution in [0.15, 0.2) is 0 Å². The number of hydrogen-bond donors (Lipinski definition) is 0. The van der Waals surface area contributed by atoms with E-state index in [1.165, 1.54) is 18.6 Å². The number of rotatable bonds is 9. The van der Waals surface area contributed by atoms with Crippen molar-refractivity contribution in [2.75, 3.05) is 25.6 Å². The summed E-state index contributed by atoms with van der Waals surface area (Å²) in [5.41, 5.74) is -0.151. The second-order valence-corrected chi connectivity index (χ2v) is 6.36. The Morgan fingerprint density at radius 3 is 2.47 bits per heavy atom. The van der Waals surface area contributed by atoms with E-state index in [4.69, 9.17) is 5.26 Å². The quantitative estimate of drug-likeness (QED) is 0.587. The normalized spacial score (nSPS) is 13.7. The Kier molecular flexibility index (Phi) is 8.72. The van der Waals surface area contributed by atoms with E-state index in [9.17, 15) is 0 Å². The fourth-order valence-electron chi connectivity index (χ4n) is 1.92. The van der Waals surface area contributed by atoms with Crippen molar-refractivity contribution < 1.29 is 0 Å². The zero-order chi connectivity index (χ0) is 13.3. The average Bonchev–Trinajstić information content (AvgIpc) is 2.31. The summed E-state index contributed by atoms with van der Waals surface area (Å²) >= 11 is 1.93. The highest BCUT2D eigenvalue weighted by atomic mass is 32.2. The van der Waals surface area contributed by atoms with Crippen molar-refractivity contribution in [3.8, 4) is 6.07 Å². The van der Waals surface area contributed by atoms with E-state index in [1.54, 1.807) is 0 Å². The first-order valence-corrected chi connectivity index (χ1v) is 7.96. The molecule has 17 heavy (non-hydrogen) atoms. The standard InChI is InChI=1S/C14H28N2S/c1-6-13(11-17-5)16(4)10-8-7-9-14(2,3)12-15/h13H,6-11H2,1-5H3. The second-order valence-electron chi connectivity index (χ2n) is 5.45. The van der Waals surface area contributed by atoms with Gasteiger partial charge in [0.1, 0.15) is 0 Å². The molecule has 0 radical (unpaired) electrons. The number of nitrogens with zero attached hydrogens (tertiary/aromatic N) is 2. The number of nitriles is 1. The predicted molar refractivity (Wildman–Crippen MR) is 78.3 cm³/mol. The smallest absolute Gasteiger partial charge is 0.0683 e. The fourth-order valence-corrected chi connectivity index (χ4v) is 2.79. The van der Waals surface area contributed by atoms with E-state index in [-0.39, 0.29) is 5.41 Å². The Hall–Kier alpha value is -0.200. The molecule has 0 bridgehead atoms.